The molecule has 0 aliphatic carbocycles. The largest absolute Gasteiger partial charge is 0.345 e. The summed E-state index contributed by atoms with van der Waals surface area (Å²) in [5.74, 6) is -0.221. The Bertz CT molecular complexity index is 591. The van der Waals surface area contributed by atoms with E-state index in [2.05, 4.69) is 4.98 Å². The predicted molar refractivity (Wildman–Crippen MR) is 70.3 cm³/mol. The van der Waals surface area contributed by atoms with E-state index in [0.29, 0.717) is 19.5 Å². The van der Waals surface area contributed by atoms with Crippen LogP contribution in [-0.2, 0) is 14.8 Å². The lowest BCUT2D eigenvalue weighted by Crippen LogP contribution is -2.38. The topological polar surface area (TPSA) is 70.6 Å². The lowest BCUT2D eigenvalue weighted by molar-refractivity contribution is -0.129. The SMILES string of the molecule is CN1CCCN(S(=O)(=O)c2cnccc2Cl)CC1=O. The van der Waals surface area contributed by atoms with Crippen LogP contribution >= 0.6 is 11.6 Å². The third kappa shape index (κ3) is 2.88. The maximum atomic E-state index is 12.4. The van der Waals surface area contributed by atoms with Gasteiger partial charge in [0.2, 0.25) is 15.9 Å². The van der Waals surface area contributed by atoms with E-state index in [1.165, 1.54) is 23.4 Å². The van der Waals surface area contributed by atoms with Crippen molar-refractivity contribution in [2.45, 2.75) is 11.3 Å². The molecule has 6 nitrogen and oxygen atoms in total. The summed E-state index contributed by atoms with van der Waals surface area (Å²) in [5.41, 5.74) is 0. The summed E-state index contributed by atoms with van der Waals surface area (Å²) < 4.78 is 26.0. The molecule has 1 aliphatic rings. The second-order valence-corrected chi connectivity index (χ2v) is 6.63. The zero-order valence-corrected chi connectivity index (χ0v) is 12.0. The van der Waals surface area contributed by atoms with Gasteiger partial charge in [-0.25, -0.2) is 8.42 Å². The van der Waals surface area contributed by atoms with Crippen molar-refractivity contribution in [3.63, 3.8) is 0 Å². The lowest BCUT2D eigenvalue weighted by Gasteiger charge is -2.19. The number of hydrogen-bond acceptors (Lipinski definition) is 4. The van der Waals surface area contributed by atoms with Gasteiger partial charge in [-0.3, -0.25) is 9.78 Å². The van der Waals surface area contributed by atoms with Gasteiger partial charge in [-0.2, -0.15) is 4.31 Å². The first-order valence-corrected chi connectivity index (χ1v) is 7.58. The van der Waals surface area contributed by atoms with Crippen molar-refractivity contribution in [1.82, 2.24) is 14.2 Å². The number of halogens is 1. The van der Waals surface area contributed by atoms with Crippen molar-refractivity contribution < 1.29 is 13.2 Å². The maximum absolute atomic E-state index is 12.4. The van der Waals surface area contributed by atoms with Crippen LogP contribution in [-0.4, -0.2) is 55.2 Å². The van der Waals surface area contributed by atoms with E-state index in [4.69, 9.17) is 11.6 Å². The zero-order valence-electron chi connectivity index (χ0n) is 10.4. The molecule has 2 rings (SSSR count). The van der Waals surface area contributed by atoms with E-state index >= 15 is 0 Å². The zero-order chi connectivity index (χ0) is 14.0. The van der Waals surface area contributed by atoms with Crippen LogP contribution in [0.2, 0.25) is 5.02 Å². The van der Waals surface area contributed by atoms with Crippen LogP contribution in [0.25, 0.3) is 0 Å². The first-order chi connectivity index (χ1) is 8.93. The number of carbonyl (C=O) groups excluding carboxylic acids is 1. The first kappa shape index (κ1) is 14.2. The fourth-order valence-corrected chi connectivity index (χ4v) is 3.69. The quantitative estimate of drug-likeness (QED) is 0.801. The Morgan fingerprint density at radius 2 is 2.11 bits per heavy atom. The van der Waals surface area contributed by atoms with Gasteiger partial charge in [-0.1, -0.05) is 11.6 Å². The molecule has 104 valence electrons. The van der Waals surface area contributed by atoms with E-state index < -0.39 is 10.0 Å². The number of aromatic nitrogens is 1. The molecule has 2 heterocycles. The van der Waals surface area contributed by atoms with Crippen LogP contribution in [0.3, 0.4) is 0 Å². The Morgan fingerprint density at radius 3 is 2.79 bits per heavy atom. The summed E-state index contributed by atoms with van der Waals surface area (Å²) >= 11 is 5.89. The number of carbonyl (C=O) groups is 1. The number of amides is 1. The average molecular weight is 304 g/mol. The highest BCUT2D eigenvalue weighted by Crippen LogP contribution is 2.24. The molecule has 0 radical (unpaired) electrons. The fraction of sp³-hybridized carbons (Fsp3) is 0.455. The van der Waals surface area contributed by atoms with Crippen LogP contribution < -0.4 is 0 Å². The molecule has 1 saturated heterocycles. The number of hydrogen-bond donors (Lipinski definition) is 0. The monoisotopic (exact) mass is 303 g/mol. The summed E-state index contributed by atoms with van der Waals surface area (Å²) in [7, 11) is -2.12. The van der Waals surface area contributed by atoms with Crippen molar-refractivity contribution in [3.05, 3.63) is 23.5 Å². The van der Waals surface area contributed by atoms with E-state index in [-0.39, 0.29) is 22.4 Å². The van der Waals surface area contributed by atoms with Gasteiger partial charge in [-0.05, 0) is 12.5 Å². The molecule has 19 heavy (non-hydrogen) atoms. The Kier molecular flexibility index (Phi) is 4.07. The molecule has 1 aromatic heterocycles. The highest BCUT2D eigenvalue weighted by atomic mass is 35.5. The van der Waals surface area contributed by atoms with Crippen LogP contribution in [0.15, 0.2) is 23.4 Å². The van der Waals surface area contributed by atoms with Crippen LogP contribution in [0, 0.1) is 0 Å². The number of rotatable bonds is 2. The molecule has 0 atom stereocenters. The minimum absolute atomic E-state index is 0.0611. The molecule has 1 fully saturated rings. The average Bonchev–Trinajstić information content (AvgIpc) is 2.53. The fourth-order valence-electron chi connectivity index (χ4n) is 1.86. The van der Waals surface area contributed by atoms with Crippen molar-refractivity contribution in [2.75, 3.05) is 26.7 Å². The maximum Gasteiger partial charge on any atom is 0.246 e. The summed E-state index contributed by atoms with van der Waals surface area (Å²) in [5, 5.41) is 0.111. The summed E-state index contributed by atoms with van der Waals surface area (Å²) in [6.07, 6.45) is 3.22. The van der Waals surface area contributed by atoms with Crippen LogP contribution in [0.4, 0.5) is 0 Å². The van der Waals surface area contributed by atoms with Crippen LogP contribution in [0.5, 0.6) is 0 Å². The molecule has 8 heteroatoms. The van der Waals surface area contributed by atoms with Gasteiger partial charge in [0, 0.05) is 32.5 Å². The van der Waals surface area contributed by atoms with Gasteiger partial charge in [0.25, 0.3) is 0 Å². The van der Waals surface area contributed by atoms with Gasteiger partial charge in [0.05, 0.1) is 11.6 Å². The second-order valence-electron chi connectivity index (χ2n) is 4.31. The van der Waals surface area contributed by atoms with Crippen LogP contribution in [0.1, 0.15) is 6.42 Å². The van der Waals surface area contributed by atoms with Crippen molar-refractivity contribution in [1.29, 1.82) is 0 Å². The third-order valence-electron chi connectivity index (χ3n) is 2.99. The van der Waals surface area contributed by atoms with E-state index in [9.17, 15) is 13.2 Å². The van der Waals surface area contributed by atoms with Gasteiger partial charge in [0.1, 0.15) is 4.90 Å². The molecule has 0 N–H and O–H groups in total. The Morgan fingerprint density at radius 1 is 1.37 bits per heavy atom. The smallest absolute Gasteiger partial charge is 0.246 e. The van der Waals surface area contributed by atoms with Crippen molar-refractivity contribution in [3.8, 4) is 0 Å². The summed E-state index contributed by atoms with van der Waals surface area (Å²) in [6, 6.07) is 1.42. The molecule has 1 aromatic rings. The van der Waals surface area contributed by atoms with Crippen molar-refractivity contribution in [2.24, 2.45) is 0 Å². The number of pyridine rings is 1. The molecule has 0 aromatic carbocycles. The van der Waals surface area contributed by atoms with E-state index in [1.807, 2.05) is 0 Å². The highest BCUT2D eigenvalue weighted by molar-refractivity contribution is 7.89. The normalized spacial score (nSPS) is 18.4. The lowest BCUT2D eigenvalue weighted by atomic mass is 10.4. The van der Waals surface area contributed by atoms with Gasteiger partial charge >= 0.3 is 0 Å². The number of nitrogens with zero attached hydrogens (tertiary/aromatic N) is 3. The highest BCUT2D eigenvalue weighted by Gasteiger charge is 2.31. The van der Waals surface area contributed by atoms with Gasteiger partial charge in [0.15, 0.2) is 0 Å². The summed E-state index contributed by atoms with van der Waals surface area (Å²) in [6.45, 7) is 0.680. The van der Waals surface area contributed by atoms with E-state index in [0.717, 1.165) is 4.31 Å². The third-order valence-corrected chi connectivity index (χ3v) is 5.30. The molecule has 0 unspecified atom stereocenters. The molecule has 0 saturated carbocycles. The standard InChI is InChI=1S/C11H14ClN3O3S/c1-14-5-2-6-15(8-11(14)16)19(17,18)10-7-13-4-3-9(10)12/h3-4,7H,2,5-6,8H2,1H3. The number of likely N-dealkylation sites (N-methyl/N-ethyl adjacent to an activating group) is 1. The van der Waals surface area contributed by atoms with Gasteiger partial charge in [-0.15, -0.1) is 0 Å². The van der Waals surface area contributed by atoms with Gasteiger partial charge < -0.3 is 4.90 Å². The molecular weight excluding hydrogens is 290 g/mol. The Labute approximate surface area is 117 Å². The number of sulfonamides is 1. The molecule has 1 aliphatic heterocycles. The molecule has 0 bridgehead atoms. The Hall–Kier alpha value is -1.18. The second kappa shape index (κ2) is 5.44. The minimum atomic E-state index is -3.78. The first-order valence-electron chi connectivity index (χ1n) is 5.76. The molecule has 0 spiro atoms. The molecule has 1 amide bonds. The predicted octanol–water partition coefficient (Wildman–Crippen LogP) is 0.588. The van der Waals surface area contributed by atoms with E-state index in [1.54, 1.807) is 7.05 Å². The van der Waals surface area contributed by atoms with Crippen molar-refractivity contribution >= 4 is 27.5 Å². The minimum Gasteiger partial charge on any atom is -0.345 e. The molecular formula is C11H14ClN3O3S. The summed E-state index contributed by atoms with van der Waals surface area (Å²) in [4.78, 5) is 17.0. The Balaban J connectivity index is 2.35.